The molecule has 0 aromatic heterocycles. The number of hydrogen-bond acceptors (Lipinski definition) is 5. The monoisotopic (exact) mass is 270 g/mol. The number of amides is 1. The topological polar surface area (TPSA) is 105 Å². The van der Waals surface area contributed by atoms with Crippen molar-refractivity contribution >= 4 is 17.8 Å². The molecular weight excluding hydrogens is 252 g/mol. The Balaban J connectivity index is 2.81. The maximum atomic E-state index is 11.6. The molecule has 2 atom stereocenters. The Labute approximate surface area is 111 Å². The van der Waals surface area contributed by atoms with E-state index in [1.165, 1.54) is 13.2 Å². The summed E-state index contributed by atoms with van der Waals surface area (Å²) in [5.74, 6) is -1.92. The molecule has 3 N–H and O–H groups in total. The van der Waals surface area contributed by atoms with Crippen LogP contribution in [0, 0.1) is 5.92 Å². The third kappa shape index (κ3) is 3.97. The van der Waals surface area contributed by atoms with Gasteiger partial charge in [0.05, 0.1) is 19.6 Å². The van der Waals surface area contributed by atoms with E-state index in [1.54, 1.807) is 0 Å². The highest BCUT2D eigenvalue weighted by atomic mass is 16.5. The normalized spacial score (nSPS) is 19.7. The van der Waals surface area contributed by atoms with Crippen LogP contribution in [0.3, 0.4) is 0 Å². The first-order valence-electron chi connectivity index (χ1n) is 5.93. The van der Waals surface area contributed by atoms with Crippen LogP contribution in [0.2, 0.25) is 0 Å². The van der Waals surface area contributed by atoms with Gasteiger partial charge in [0.15, 0.2) is 0 Å². The van der Waals surface area contributed by atoms with Crippen molar-refractivity contribution < 1.29 is 24.2 Å². The first kappa shape index (κ1) is 15.0. The zero-order valence-corrected chi connectivity index (χ0v) is 11.1. The van der Waals surface area contributed by atoms with Crippen molar-refractivity contribution in [3.05, 3.63) is 11.8 Å². The SMILES string of the molecule is COC(=O)C(NC1=CC(=O)NC1CC(=O)O)C(C)C. The average molecular weight is 270 g/mol. The zero-order valence-electron chi connectivity index (χ0n) is 11.1. The quantitative estimate of drug-likeness (QED) is 0.569. The third-order valence-electron chi connectivity index (χ3n) is 2.80. The molecule has 0 saturated heterocycles. The highest BCUT2D eigenvalue weighted by Crippen LogP contribution is 2.14. The van der Waals surface area contributed by atoms with Gasteiger partial charge in [-0.1, -0.05) is 13.8 Å². The molecule has 0 fully saturated rings. The number of ether oxygens (including phenoxy) is 1. The second-order valence-corrected chi connectivity index (χ2v) is 4.65. The van der Waals surface area contributed by atoms with Crippen LogP contribution in [0.5, 0.6) is 0 Å². The molecule has 0 aliphatic carbocycles. The molecule has 0 bridgehead atoms. The summed E-state index contributed by atoms with van der Waals surface area (Å²) in [4.78, 5) is 33.6. The predicted molar refractivity (Wildman–Crippen MR) is 66.0 cm³/mol. The molecule has 2 unspecified atom stereocenters. The molecule has 1 heterocycles. The van der Waals surface area contributed by atoms with Gasteiger partial charge in [-0.3, -0.25) is 9.59 Å². The van der Waals surface area contributed by atoms with Crippen molar-refractivity contribution in [3.63, 3.8) is 0 Å². The number of carbonyl (C=O) groups is 3. The van der Waals surface area contributed by atoms with Gasteiger partial charge < -0.3 is 20.5 Å². The lowest BCUT2D eigenvalue weighted by molar-refractivity contribution is -0.144. The summed E-state index contributed by atoms with van der Waals surface area (Å²) < 4.78 is 4.68. The van der Waals surface area contributed by atoms with Crippen LogP contribution in [-0.2, 0) is 19.1 Å². The Morgan fingerprint density at radius 1 is 1.53 bits per heavy atom. The fraction of sp³-hybridized carbons (Fsp3) is 0.583. The van der Waals surface area contributed by atoms with E-state index in [0.29, 0.717) is 5.70 Å². The lowest BCUT2D eigenvalue weighted by Gasteiger charge is -2.24. The van der Waals surface area contributed by atoms with Crippen LogP contribution in [0.4, 0.5) is 0 Å². The summed E-state index contributed by atoms with van der Waals surface area (Å²) in [6.07, 6.45) is 1.03. The van der Waals surface area contributed by atoms with E-state index in [-0.39, 0.29) is 18.2 Å². The molecule has 106 valence electrons. The van der Waals surface area contributed by atoms with Gasteiger partial charge in [-0.25, -0.2) is 4.79 Å². The van der Waals surface area contributed by atoms with Crippen LogP contribution in [0.25, 0.3) is 0 Å². The second-order valence-electron chi connectivity index (χ2n) is 4.65. The summed E-state index contributed by atoms with van der Waals surface area (Å²) in [6.45, 7) is 3.65. The van der Waals surface area contributed by atoms with Gasteiger partial charge in [0, 0.05) is 11.8 Å². The minimum atomic E-state index is -1.03. The lowest BCUT2D eigenvalue weighted by Crippen LogP contribution is -2.45. The minimum Gasteiger partial charge on any atom is -0.481 e. The highest BCUT2D eigenvalue weighted by Gasteiger charge is 2.31. The molecule has 1 amide bonds. The molecule has 0 aromatic rings. The van der Waals surface area contributed by atoms with E-state index in [9.17, 15) is 14.4 Å². The van der Waals surface area contributed by atoms with Crippen molar-refractivity contribution in [1.82, 2.24) is 10.6 Å². The molecule has 0 spiro atoms. The van der Waals surface area contributed by atoms with Crippen LogP contribution >= 0.6 is 0 Å². The van der Waals surface area contributed by atoms with Crippen LogP contribution < -0.4 is 10.6 Å². The molecule has 19 heavy (non-hydrogen) atoms. The number of hydrogen-bond donors (Lipinski definition) is 3. The second kappa shape index (κ2) is 6.21. The van der Waals surface area contributed by atoms with Crippen molar-refractivity contribution in [2.45, 2.75) is 32.4 Å². The molecule has 0 radical (unpaired) electrons. The molecule has 1 aliphatic heterocycles. The molecule has 1 aliphatic rings. The van der Waals surface area contributed by atoms with Crippen LogP contribution in [-0.4, -0.2) is 42.1 Å². The Morgan fingerprint density at radius 3 is 2.63 bits per heavy atom. The number of carboxylic acids is 1. The Morgan fingerprint density at radius 2 is 2.16 bits per heavy atom. The highest BCUT2D eigenvalue weighted by molar-refractivity contribution is 5.92. The first-order chi connectivity index (χ1) is 8.85. The van der Waals surface area contributed by atoms with E-state index in [4.69, 9.17) is 5.11 Å². The summed E-state index contributed by atoms with van der Waals surface area (Å²) in [7, 11) is 1.28. The standard InChI is InChI=1S/C12H18N2O5/c1-6(2)11(12(18)19-3)14-7-4-9(15)13-8(7)5-10(16)17/h4,6,8,11,14H,5H2,1-3H3,(H,13,15)(H,16,17). The number of rotatable bonds is 6. The van der Waals surface area contributed by atoms with Crippen molar-refractivity contribution in [3.8, 4) is 0 Å². The summed E-state index contributed by atoms with van der Waals surface area (Å²) in [5.41, 5.74) is 0.400. The summed E-state index contributed by atoms with van der Waals surface area (Å²) in [6, 6.07) is -1.27. The number of carboxylic acid groups (broad SMARTS) is 1. The molecule has 0 aromatic carbocycles. The number of methoxy groups -OCH3 is 1. The number of nitrogens with one attached hydrogen (secondary N) is 2. The number of carbonyl (C=O) groups excluding carboxylic acids is 2. The Bertz CT molecular complexity index is 416. The fourth-order valence-electron chi connectivity index (χ4n) is 1.82. The van der Waals surface area contributed by atoms with Crippen LogP contribution in [0.1, 0.15) is 20.3 Å². The maximum absolute atomic E-state index is 11.6. The van der Waals surface area contributed by atoms with E-state index < -0.39 is 24.0 Å². The summed E-state index contributed by atoms with van der Waals surface area (Å²) >= 11 is 0. The van der Waals surface area contributed by atoms with E-state index in [2.05, 4.69) is 15.4 Å². The van der Waals surface area contributed by atoms with Gasteiger partial charge in [0.2, 0.25) is 5.91 Å². The maximum Gasteiger partial charge on any atom is 0.328 e. The van der Waals surface area contributed by atoms with Crippen molar-refractivity contribution in [2.75, 3.05) is 7.11 Å². The molecule has 7 heteroatoms. The van der Waals surface area contributed by atoms with Crippen LogP contribution in [0.15, 0.2) is 11.8 Å². The molecule has 0 saturated carbocycles. The van der Waals surface area contributed by atoms with Gasteiger partial charge in [-0.15, -0.1) is 0 Å². The third-order valence-corrected chi connectivity index (χ3v) is 2.80. The minimum absolute atomic E-state index is 0.0606. The van der Waals surface area contributed by atoms with Gasteiger partial charge in [0.25, 0.3) is 0 Å². The predicted octanol–water partition coefficient (Wildman–Crippen LogP) is -0.369. The largest absolute Gasteiger partial charge is 0.481 e. The van der Waals surface area contributed by atoms with E-state index in [0.717, 1.165) is 0 Å². The van der Waals surface area contributed by atoms with Gasteiger partial charge in [-0.05, 0) is 5.92 Å². The molecule has 7 nitrogen and oxygen atoms in total. The lowest BCUT2D eigenvalue weighted by atomic mass is 10.0. The summed E-state index contributed by atoms with van der Waals surface area (Å²) in [5, 5.41) is 14.2. The first-order valence-corrected chi connectivity index (χ1v) is 5.93. The Hall–Kier alpha value is -2.05. The smallest absolute Gasteiger partial charge is 0.328 e. The number of esters is 1. The van der Waals surface area contributed by atoms with Gasteiger partial charge >= 0.3 is 11.9 Å². The average Bonchev–Trinajstić information content (AvgIpc) is 2.64. The van der Waals surface area contributed by atoms with Gasteiger partial charge in [-0.2, -0.15) is 0 Å². The van der Waals surface area contributed by atoms with Crippen molar-refractivity contribution in [2.24, 2.45) is 5.92 Å². The number of aliphatic carboxylic acids is 1. The van der Waals surface area contributed by atoms with E-state index >= 15 is 0 Å². The van der Waals surface area contributed by atoms with E-state index in [1.807, 2.05) is 13.8 Å². The van der Waals surface area contributed by atoms with Gasteiger partial charge in [0.1, 0.15) is 6.04 Å². The van der Waals surface area contributed by atoms with Crippen molar-refractivity contribution in [1.29, 1.82) is 0 Å². The Kier molecular flexibility index (Phi) is 4.91. The fourth-order valence-corrected chi connectivity index (χ4v) is 1.82. The zero-order chi connectivity index (χ0) is 14.6. The molecule has 1 rings (SSSR count). The molecular formula is C12H18N2O5.